The maximum Gasteiger partial charge on any atom is 0.356 e. The quantitative estimate of drug-likeness (QED) is 0.831. The lowest BCUT2D eigenvalue weighted by Crippen LogP contribution is -2.56. The number of rotatable bonds is 2. The van der Waals surface area contributed by atoms with Crippen LogP contribution >= 0.6 is 0 Å². The number of pyridine rings is 1. The molecule has 2 aliphatic heterocycles. The molecule has 1 atom stereocenters. The van der Waals surface area contributed by atoms with E-state index in [2.05, 4.69) is 20.4 Å². The molecular formula is C16H17N5O4. The number of esters is 1. The summed E-state index contributed by atoms with van der Waals surface area (Å²) in [5.41, 5.74) is 1.00. The maximum absolute atomic E-state index is 12.8. The summed E-state index contributed by atoms with van der Waals surface area (Å²) >= 11 is 0. The van der Waals surface area contributed by atoms with E-state index in [9.17, 15) is 9.59 Å². The molecule has 0 aromatic carbocycles. The third-order valence-electron chi connectivity index (χ3n) is 4.47. The lowest BCUT2D eigenvalue weighted by molar-refractivity contribution is 0.0594. The molecule has 2 amide bonds. The molecule has 130 valence electrons. The molecule has 9 nitrogen and oxygen atoms in total. The summed E-state index contributed by atoms with van der Waals surface area (Å²) in [5, 5.41) is 6.41. The number of nitrogens with zero attached hydrogens (tertiary/aromatic N) is 4. The van der Waals surface area contributed by atoms with Crippen LogP contribution in [0.1, 0.15) is 23.3 Å². The van der Waals surface area contributed by atoms with Gasteiger partial charge in [-0.15, -0.1) is 0 Å². The number of piperidine rings is 1. The fourth-order valence-electron chi connectivity index (χ4n) is 3.35. The molecule has 4 rings (SSSR count). The van der Waals surface area contributed by atoms with Crippen molar-refractivity contribution >= 4 is 29.3 Å². The molecule has 2 aliphatic rings. The third-order valence-corrected chi connectivity index (χ3v) is 4.47. The number of hydrogen-bond donors (Lipinski definition) is 1. The van der Waals surface area contributed by atoms with Crippen molar-refractivity contribution < 1.29 is 18.8 Å². The Kier molecular flexibility index (Phi) is 3.75. The fourth-order valence-corrected chi connectivity index (χ4v) is 3.35. The highest BCUT2D eigenvalue weighted by atomic mass is 16.5. The van der Waals surface area contributed by atoms with Crippen molar-refractivity contribution in [3.8, 4) is 0 Å². The fraction of sp³-hybridized carbons (Fsp3) is 0.375. The number of aromatic nitrogens is 2. The summed E-state index contributed by atoms with van der Waals surface area (Å²) in [5.74, 6) is 0.249. The van der Waals surface area contributed by atoms with Crippen LogP contribution in [0.4, 0.5) is 22.1 Å². The van der Waals surface area contributed by atoms with Gasteiger partial charge in [-0.25, -0.2) is 14.6 Å². The molecule has 2 aromatic rings. The van der Waals surface area contributed by atoms with E-state index in [1.165, 1.54) is 13.4 Å². The average molecular weight is 343 g/mol. The molecule has 2 aromatic heterocycles. The molecule has 1 unspecified atom stereocenters. The number of carbonyl (C=O) groups is 2. The van der Waals surface area contributed by atoms with E-state index in [0.717, 1.165) is 31.6 Å². The monoisotopic (exact) mass is 343 g/mol. The first-order chi connectivity index (χ1) is 12.2. The molecule has 9 heteroatoms. The zero-order valence-corrected chi connectivity index (χ0v) is 13.6. The first-order valence-electron chi connectivity index (χ1n) is 8.02. The topological polar surface area (TPSA) is 101 Å². The van der Waals surface area contributed by atoms with Gasteiger partial charge < -0.3 is 14.2 Å². The van der Waals surface area contributed by atoms with Gasteiger partial charge in [-0.05, 0) is 25.0 Å². The molecular weight excluding hydrogens is 326 g/mol. The Labute approximate surface area is 143 Å². The Bertz CT molecular complexity index is 807. The van der Waals surface area contributed by atoms with E-state index in [-0.39, 0.29) is 17.8 Å². The second kappa shape index (κ2) is 6.08. The summed E-state index contributed by atoms with van der Waals surface area (Å²) in [7, 11) is 1.30. The lowest BCUT2D eigenvalue weighted by Gasteiger charge is -2.45. The Morgan fingerprint density at radius 3 is 3.00 bits per heavy atom. The molecule has 0 radical (unpaired) electrons. The average Bonchev–Trinajstić information content (AvgIpc) is 3.14. The van der Waals surface area contributed by atoms with Crippen LogP contribution in [0, 0.1) is 0 Å². The van der Waals surface area contributed by atoms with Crippen molar-refractivity contribution in [3.63, 3.8) is 0 Å². The number of anilines is 3. The van der Waals surface area contributed by atoms with Crippen molar-refractivity contribution in [1.29, 1.82) is 0 Å². The first-order valence-corrected chi connectivity index (χ1v) is 8.02. The van der Waals surface area contributed by atoms with E-state index in [4.69, 9.17) is 9.26 Å². The van der Waals surface area contributed by atoms with Crippen LogP contribution in [0.25, 0.3) is 0 Å². The molecule has 1 saturated heterocycles. The summed E-state index contributed by atoms with van der Waals surface area (Å²) in [4.78, 5) is 32.9. The van der Waals surface area contributed by atoms with E-state index in [1.807, 2.05) is 6.07 Å². The van der Waals surface area contributed by atoms with E-state index >= 15 is 0 Å². The summed E-state index contributed by atoms with van der Waals surface area (Å²) in [6, 6.07) is 4.62. The van der Waals surface area contributed by atoms with Crippen molar-refractivity contribution in [2.75, 3.05) is 35.3 Å². The number of hydrogen-bond acceptors (Lipinski definition) is 7. The number of amides is 2. The van der Waals surface area contributed by atoms with Gasteiger partial charge >= 0.3 is 12.0 Å². The van der Waals surface area contributed by atoms with Crippen molar-refractivity contribution in [1.82, 2.24) is 10.1 Å². The zero-order chi connectivity index (χ0) is 17.4. The molecule has 4 heterocycles. The second-order valence-electron chi connectivity index (χ2n) is 5.96. The minimum atomic E-state index is -0.537. The van der Waals surface area contributed by atoms with Crippen LogP contribution in [0.3, 0.4) is 0 Å². The van der Waals surface area contributed by atoms with E-state index in [0.29, 0.717) is 11.6 Å². The van der Waals surface area contributed by atoms with Crippen LogP contribution in [-0.2, 0) is 4.74 Å². The number of fused-ring (bicyclic) bond motifs is 4. The number of urea groups is 1. The first kappa shape index (κ1) is 15.4. The third kappa shape index (κ3) is 2.67. The molecule has 0 spiro atoms. The van der Waals surface area contributed by atoms with Gasteiger partial charge in [-0.3, -0.25) is 10.2 Å². The van der Waals surface area contributed by atoms with Crippen LogP contribution < -0.4 is 15.1 Å². The Hall–Kier alpha value is -3.10. The van der Waals surface area contributed by atoms with Gasteiger partial charge in [0.15, 0.2) is 17.3 Å². The van der Waals surface area contributed by atoms with Crippen LogP contribution in [0.15, 0.2) is 29.0 Å². The van der Waals surface area contributed by atoms with Crippen molar-refractivity contribution in [2.45, 2.75) is 18.9 Å². The van der Waals surface area contributed by atoms with Gasteiger partial charge in [0.25, 0.3) is 0 Å². The van der Waals surface area contributed by atoms with Gasteiger partial charge in [0.2, 0.25) is 0 Å². The van der Waals surface area contributed by atoms with Crippen LogP contribution in [-0.4, -0.2) is 48.4 Å². The molecule has 0 saturated carbocycles. The number of carbonyl (C=O) groups excluding carboxylic acids is 2. The largest absolute Gasteiger partial charge is 0.464 e. The Balaban J connectivity index is 1.74. The van der Waals surface area contributed by atoms with Gasteiger partial charge in [0, 0.05) is 19.2 Å². The highest BCUT2D eigenvalue weighted by Gasteiger charge is 2.38. The highest BCUT2D eigenvalue weighted by Crippen LogP contribution is 2.38. The molecule has 0 aliphatic carbocycles. The normalized spacial score (nSPS) is 18.5. The smallest absolute Gasteiger partial charge is 0.356 e. The number of methoxy groups -OCH3 is 1. The zero-order valence-electron chi connectivity index (χ0n) is 13.6. The Morgan fingerprint density at radius 1 is 1.36 bits per heavy atom. The lowest BCUT2D eigenvalue weighted by atomic mass is 10.00. The van der Waals surface area contributed by atoms with Crippen molar-refractivity contribution in [2.24, 2.45) is 0 Å². The van der Waals surface area contributed by atoms with E-state index in [1.54, 1.807) is 17.0 Å². The molecule has 2 bridgehead atoms. The predicted octanol–water partition coefficient (Wildman–Crippen LogP) is 1.88. The molecule has 25 heavy (non-hydrogen) atoms. The predicted molar refractivity (Wildman–Crippen MR) is 88.8 cm³/mol. The van der Waals surface area contributed by atoms with Crippen LogP contribution in [0.2, 0.25) is 0 Å². The van der Waals surface area contributed by atoms with Crippen LogP contribution in [0.5, 0.6) is 0 Å². The van der Waals surface area contributed by atoms with Gasteiger partial charge in [-0.1, -0.05) is 5.16 Å². The second-order valence-corrected chi connectivity index (χ2v) is 5.96. The number of ether oxygens (including phenoxy) is 1. The Morgan fingerprint density at radius 2 is 2.24 bits per heavy atom. The summed E-state index contributed by atoms with van der Waals surface area (Å²) < 4.78 is 9.50. The summed E-state index contributed by atoms with van der Waals surface area (Å²) in [6.45, 7) is 1.64. The standard InChI is InChI=1S/C16H17N5O4/c1-24-15(22)11-4-5-12-14(17-11)21(10-3-2-7-20(12)9-10)16(23)18-13-6-8-25-19-13/h4-6,8,10H,2-3,7,9H2,1H3,(H,18,19,23). The summed E-state index contributed by atoms with van der Waals surface area (Å²) in [6.07, 6.45) is 3.23. The SMILES string of the molecule is COC(=O)c1ccc2c(n1)N(C(=O)Nc1ccon1)C1CCCN2C1. The minimum Gasteiger partial charge on any atom is -0.464 e. The number of nitrogens with one attached hydrogen (secondary N) is 1. The van der Waals surface area contributed by atoms with Gasteiger partial charge in [-0.2, -0.15) is 0 Å². The molecule has 1 N–H and O–H groups in total. The van der Waals surface area contributed by atoms with Gasteiger partial charge in [0.05, 0.1) is 18.8 Å². The minimum absolute atomic E-state index is 0.0199. The highest BCUT2D eigenvalue weighted by molar-refractivity contribution is 6.04. The van der Waals surface area contributed by atoms with Gasteiger partial charge in [0.1, 0.15) is 6.26 Å². The van der Waals surface area contributed by atoms with E-state index < -0.39 is 5.97 Å². The molecule has 1 fully saturated rings. The maximum atomic E-state index is 12.8. The van der Waals surface area contributed by atoms with Crippen molar-refractivity contribution in [3.05, 3.63) is 30.2 Å².